The van der Waals surface area contributed by atoms with Crippen molar-refractivity contribution in [2.45, 2.75) is 43.6 Å². The first-order valence-electron chi connectivity index (χ1n) is 7.23. The molecule has 20 heavy (non-hydrogen) atoms. The minimum absolute atomic E-state index is 0.0705. The molecule has 1 aliphatic rings. The van der Waals surface area contributed by atoms with Crippen LogP contribution in [0.25, 0.3) is 0 Å². The zero-order valence-electron chi connectivity index (χ0n) is 12.0. The third-order valence-corrected chi connectivity index (χ3v) is 4.29. The molecule has 1 fully saturated rings. The SMILES string of the molecule is COc1ccc(C(CNC=O)C2(O)CCCCC2)cc1. The summed E-state index contributed by atoms with van der Waals surface area (Å²) in [6.07, 6.45) is 5.56. The van der Waals surface area contributed by atoms with E-state index in [9.17, 15) is 9.90 Å². The highest BCUT2D eigenvalue weighted by Gasteiger charge is 2.38. The zero-order chi connectivity index (χ0) is 14.4. The van der Waals surface area contributed by atoms with Crippen LogP contribution >= 0.6 is 0 Å². The van der Waals surface area contributed by atoms with Crippen LogP contribution in [0.4, 0.5) is 0 Å². The molecule has 1 saturated carbocycles. The van der Waals surface area contributed by atoms with Crippen LogP contribution in [0.5, 0.6) is 5.75 Å². The molecule has 4 heteroatoms. The number of ether oxygens (including phenoxy) is 1. The van der Waals surface area contributed by atoms with Gasteiger partial charge in [0, 0.05) is 12.5 Å². The van der Waals surface area contributed by atoms with Gasteiger partial charge in [0.25, 0.3) is 0 Å². The van der Waals surface area contributed by atoms with Crippen LogP contribution in [-0.4, -0.2) is 30.8 Å². The first kappa shape index (κ1) is 14.9. The van der Waals surface area contributed by atoms with Gasteiger partial charge in [-0.25, -0.2) is 0 Å². The molecule has 1 aromatic rings. The van der Waals surface area contributed by atoms with E-state index in [0.29, 0.717) is 13.0 Å². The van der Waals surface area contributed by atoms with Crippen molar-refractivity contribution in [2.24, 2.45) is 0 Å². The van der Waals surface area contributed by atoms with E-state index < -0.39 is 5.60 Å². The van der Waals surface area contributed by atoms with Gasteiger partial charge in [-0.05, 0) is 30.5 Å². The van der Waals surface area contributed by atoms with Crippen molar-refractivity contribution in [3.63, 3.8) is 0 Å². The van der Waals surface area contributed by atoms with E-state index in [2.05, 4.69) is 5.32 Å². The Morgan fingerprint density at radius 2 is 1.95 bits per heavy atom. The molecule has 0 radical (unpaired) electrons. The van der Waals surface area contributed by atoms with Crippen LogP contribution < -0.4 is 10.1 Å². The number of carbonyl (C=O) groups is 1. The molecule has 0 heterocycles. The average Bonchev–Trinajstić information content (AvgIpc) is 2.49. The molecule has 1 aromatic carbocycles. The minimum Gasteiger partial charge on any atom is -0.497 e. The van der Waals surface area contributed by atoms with E-state index >= 15 is 0 Å². The zero-order valence-corrected chi connectivity index (χ0v) is 12.0. The van der Waals surface area contributed by atoms with Crippen LogP contribution in [0.15, 0.2) is 24.3 Å². The summed E-state index contributed by atoms with van der Waals surface area (Å²) in [4.78, 5) is 10.6. The lowest BCUT2D eigenvalue weighted by Gasteiger charge is -2.39. The molecular weight excluding hydrogens is 254 g/mol. The number of nitrogens with one attached hydrogen (secondary N) is 1. The molecule has 1 aliphatic carbocycles. The summed E-state index contributed by atoms with van der Waals surface area (Å²) in [5.74, 6) is 0.727. The van der Waals surface area contributed by atoms with Crippen molar-refractivity contribution >= 4 is 6.41 Å². The van der Waals surface area contributed by atoms with E-state index in [0.717, 1.165) is 37.0 Å². The normalized spacial score (nSPS) is 19.1. The molecule has 0 aromatic heterocycles. The molecular formula is C16H23NO3. The third kappa shape index (κ3) is 3.31. The summed E-state index contributed by atoms with van der Waals surface area (Å²) in [7, 11) is 1.63. The van der Waals surface area contributed by atoms with Crippen LogP contribution in [-0.2, 0) is 4.79 Å². The highest BCUT2D eigenvalue weighted by Crippen LogP contribution is 2.39. The lowest BCUT2D eigenvalue weighted by Crippen LogP contribution is -2.42. The van der Waals surface area contributed by atoms with Gasteiger partial charge in [0.2, 0.25) is 6.41 Å². The summed E-state index contributed by atoms with van der Waals surface area (Å²) in [6, 6.07) is 7.75. The standard InChI is InChI=1S/C16H23NO3/c1-20-14-7-5-13(6-8-14)15(11-17-12-18)16(19)9-3-2-4-10-16/h5-8,12,15,19H,2-4,9-11H2,1H3,(H,17,18). The van der Waals surface area contributed by atoms with Gasteiger partial charge < -0.3 is 15.2 Å². The monoisotopic (exact) mass is 277 g/mol. The van der Waals surface area contributed by atoms with E-state index in [-0.39, 0.29) is 5.92 Å². The molecule has 4 nitrogen and oxygen atoms in total. The Bertz CT molecular complexity index is 424. The summed E-state index contributed by atoms with van der Waals surface area (Å²) in [5.41, 5.74) is 0.326. The van der Waals surface area contributed by atoms with Crippen molar-refractivity contribution in [3.05, 3.63) is 29.8 Å². The highest BCUT2D eigenvalue weighted by molar-refractivity contribution is 5.46. The van der Waals surface area contributed by atoms with Gasteiger partial charge in [-0.1, -0.05) is 31.4 Å². The van der Waals surface area contributed by atoms with Gasteiger partial charge >= 0.3 is 0 Å². The fraction of sp³-hybridized carbons (Fsp3) is 0.562. The fourth-order valence-electron chi connectivity index (χ4n) is 3.13. The molecule has 2 N–H and O–H groups in total. The molecule has 0 saturated heterocycles. The molecule has 2 rings (SSSR count). The molecule has 1 amide bonds. The molecule has 110 valence electrons. The molecule has 1 unspecified atom stereocenters. The van der Waals surface area contributed by atoms with E-state index in [1.165, 1.54) is 6.42 Å². The number of hydrogen-bond donors (Lipinski definition) is 2. The topological polar surface area (TPSA) is 58.6 Å². The number of benzene rings is 1. The molecule has 0 bridgehead atoms. The lowest BCUT2D eigenvalue weighted by molar-refractivity contribution is -0.110. The quantitative estimate of drug-likeness (QED) is 0.784. The second-order valence-corrected chi connectivity index (χ2v) is 5.52. The van der Waals surface area contributed by atoms with Gasteiger partial charge in [0.15, 0.2) is 0 Å². The van der Waals surface area contributed by atoms with E-state index in [1.54, 1.807) is 7.11 Å². The first-order valence-corrected chi connectivity index (χ1v) is 7.23. The van der Waals surface area contributed by atoms with Crippen molar-refractivity contribution in [2.75, 3.05) is 13.7 Å². The van der Waals surface area contributed by atoms with Crippen molar-refractivity contribution in [3.8, 4) is 5.75 Å². The van der Waals surface area contributed by atoms with Gasteiger partial charge in [-0.3, -0.25) is 4.79 Å². The predicted octanol–water partition coefficient (Wildman–Crippen LogP) is 2.22. The molecule has 0 aliphatic heterocycles. The van der Waals surface area contributed by atoms with Crippen LogP contribution in [0, 0.1) is 0 Å². The Labute approximate surface area is 120 Å². The Hall–Kier alpha value is -1.55. The second-order valence-electron chi connectivity index (χ2n) is 5.52. The number of carbonyl (C=O) groups excluding carboxylic acids is 1. The Morgan fingerprint density at radius 3 is 2.50 bits per heavy atom. The van der Waals surface area contributed by atoms with Crippen molar-refractivity contribution < 1.29 is 14.6 Å². The Balaban J connectivity index is 2.22. The lowest BCUT2D eigenvalue weighted by atomic mass is 9.73. The number of hydrogen-bond acceptors (Lipinski definition) is 3. The van der Waals surface area contributed by atoms with Crippen LogP contribution in [0.2, 0.25) is 0 Å². The van der Waals surface area contributed by atoms with Crippen LogP contribution in [0.1, 0.15) is 43.6 Å². The number of methoxy groups -OCH3 is 1. The maximum absolute atomic E-state index is 11.0. The maximum Gasteiger partial charge on any atom is 0.207 e. The van der Waals surface area contributed by atoms with Gasteiger partial charge in [0.1, 0.15) is 5.75 Å². The number of aliphatic hydroxyl groups is 1. The predicted molar refractivity (Wildman–Crippen MR) is 77.8 cm³/mol. The van der Waals surface area contributed by atoms with E-state index in [1.807, 2.05) is 24.3 Å². The Morgan fingerprint density at radius 1 is 1.30 bits per heavy atom. The first-order chi connectivity index (χ1) is 9.69. The molecule has 1 atom stereocenters. The fourth-order valence-corrected chi connectivity index (χ4v) is 3.13. The number of rotatable bonds is 6. The van der Waals surface area contributed by atoms with Gasteiger partial charge in [-0.15, -0.1) is 0 Å². The largest absolute Gasteiger partial charge is 0.497 e. The van der Waals surface area contributed by atoms with Gasteiger partial charge in [-0.2, -0.15) is 0 Å². The average molecular weight is 277 g/mol. The Kier molecular flexibility index (Phi) is 5.01. The minimum atomic E-state index is -0.719. The maximum atomic E-state index is 11.0. The van der Waals surface area contributed by atoms with Gasteiger partial charge in [0.05, 0.1) is 12.7 Å². The third-order valence-electron chi connectivity index (χ3n) is 4.29. The molecule has 0 spiro atoms. The van der Waals surface area contributed by atoms with Crippen molar-refractivity contribution in [1.82, 2.24) is 5.32 Å². The summed E-state index contributed by atoms with van der Waals surface area (Å²) >= 11 is 0. The summed E-state index contributed by atoms with van der Waals surface area (Å²) < 4.78 is 5.17. The van der Waals surface area contributed by atoms with E-state index in [4.69, 9.17) is 4.74 Å². The van der Waals surface area contributed by atoms with Crippen LogP contribution in [0.3, 0.4) is 0 Å². The summed E-state index contributed by atoms with van der Waals surface area (Å²) in [6.45, 7) is 0.465. The van der Waals surface area contributed by atoms with Crippen molar-refractivity contribution in [1.29, 1.82) is 0 Å². The smallest absolute Gasteiger partial charge is 0.207 e. The number of amides is 1. The second kappa shape index (κ2) is 6.75. The highest BCUT2D eigenvalue weighted by atomic mass is 16.5. The summed E-state index contributed by atoms with van der Waals surface area (Å²) in [5, 5.41) is 13.7.